The predicted molar refractivity (Wildman–Crippen MR) is 121 cm³/mol. The monoisotopic (exact) mass is 447 g/mol. The molecule has 0 N–H and O–H groups in total. The van der Waals surface area contributed by atoms with Gasteiger partial charge in [0, 0.05) is 45.8 Å². The van der Waals surface area contributed by atoms with E-state index in [1.165, 1.54) is 25.7 Å². The topological polar surface area (TPSA) is 87.5 Å². The third-order valence-corrected chi connectivity index (χ3v) is 8.49. The average Bonchev–Trinajstić information content (AvgIpc) is 2.94. The minimum absolute atomic E-state index is 0.351. The van der Waals surface area contributed by atoms with Crippen LogP contribution in [0.5, 0.6) is 0 Å². The summed E-state index contributed by atoms with van der Waals surface area (Å²) in [6.45, 7) is 10.3. The molecule has 2 aliphatic rings. The summed E-state index contributed by atoms with van der Waals surface area (Å²) in [5.74, 6) is 1.74. The summed E-state index contributed by atoms with van der Waals surface area (Å²) >= 11 is 0. The van der Waals surface area contributed by atoms with Gasteiger partial charge < -0.3 is 9.80 Å². The fourth-order valence-corrected chi connectivity index (χ4v) is 6.40. The molecule has 2 aromatic heterocycles. The first kappa shape index (κ1) is 22.0. The molecule has 4 rings (SSSR count). The van der Waals surface area contributed by atoms with Gasteiger partial charge in [-0.3, -0.25) is 4.68 Å². The Bertz CT molecular complexity index is 987. The van der Waals surface area contributed by atoms with E-state index in [1.54, 1.807) is 15.9 Å². The van der Waals surface area contributed by atoms with Gasteiger partial charge >= 0.3 is 0 Å². The van der Waals surface area contributed by atoms with Gasteiger partial charge in [0.15, 0.2) is 11.6 Å². The molecule has 4 heterocycles. The van der Waals surface area contributed by atoms with Crippen LogP contribution < -0.4 is 9.80 Å². The minimum Gasteiger partial charge on any atom is -0.355 e. The van der Waals surface area contributed by atoms with E-state index in [0.717, 1.165) is 24.7 Å². The summed E-state index contributed by atoms with van der Waals surface area (Å²) in [5, 5.41) is 13.3. The molecule has 2 fully saturated rings. The number of aryl methyl sites for hydroxylation is 2. The fourth-order valence-electron chi connectivity index (χ4n) is 4.60. The molecule has 0 aliphatic carbocycles. The Kier molecular flexibility index (Phi) is 6.47. The molecule has 0 atom stereocenters. The zero-order valence-corrected chi connectivity index (χ0v) is 19.6. The number of anilines is 2. The van der Waals surface area contributed by atoms with Crippen LogP contribution in [0, 0.1) is 13.8 Å². The lowest BCUT2D eigenvalue weighted by molar-refractivity contribution is 0.383. The van der Waals surface area contributed by atoms with Crippen molar-refractivity contribution in [3.8, 4) is 0 Å². The molecule has 9 nitrogen and oxygen atoms in total. The van der Waals surface area contributed by atoms with Crippen molar-refractivity contribution in [2.45, 2.75) is 57.9 Å². The van der Waals surface area contributed by atoms with Crippen molar-refractivity contribution >= 4 is 21.7 Å². The molecule has 0 aromatic carbocycles. The second-order valence-corrected chi connectivity index (χ2v) is 10.2. The van der Waals surface area contributed by atoms with Crippen LogP contribution in [0.4, 0.5) is 11.6 Å². The SMILES string of the molecule is CCn1nc(C)c(S(=O)(=O)N2CCN(c3ccc(N4CCCCCC4)nn3)CC2)c1C. The maximum atomic E-state index is 13.3. The van der Waals surface area contributed by atoms with Crippen LogP contribution in [0.3, 0.4) is 0 Å². The Morgan fingerprint density at radius 3 is 1.87 bits per heavy atom. The van der Waals surface area contributed by atoms with E-state index in [-0.39, 0.29) is 0 Å². The van der Waals surface area contributed by atoms with E-state index in [4.69, 9.17) is 0 Å². The molecule has 0 amide bonds. The first-order chi connectivity index (χ1) is 14.9. The number of sulfonamides is 1. The van der Waals surface area contributed by atoms with Crippen LogP contribution >= 0.6 is 0 Å². The van der Waals surface area contributed by atoms with E-state index < -0.39 is 10.0 Å². The molecule has 0 radical (unpaired) electrons. The Morgan fingerprint density at radius 2 is 1.39 bits per heavy atom. The highest BCUT2D eigenvalue weighted by molar-refractivity contribution is 7.89. The van der Waals surface area contributed by atoms with E-state index >= 15 is 0 Å². The van der Waals surface area contributed by atoms with Crippen molar-refractivity contribution in [2.24, 2.45) is 0 Å². The summed E-state index contributed by atoms with van der Waals surface area (Å²) in [5.41, 5.74) is 1.27. The standard InChI is InChI=1S/C21H33N7O2S/c1-4-28-18(3)21(17(2)24-28)31(29,30)27-15-13-26(14-16-27)20-10-9-19(22-23-20)25-11-7-5-6-8-12-25/h9-10H,4-8,11-16H2,1-3H3. The molecule has 2 aliphatic heterocycles. The fraction of sp³-hybridized carbons (Fsp3) is 0.667. The smallest absolute Gasteiger partial charge is 0.246 e. The molecule has 0 spiro atoms. The normalized spacial score (nSPS) is 18.9. The molecule has 0 bridgehead atoms. The summed E-state index contributed by atoms with van der Waals surface area (Å²) in [6.07, 6.45) is 4.98. The molecule has 31 heavy (non-hydrogen) atoms. The van der Waals surface area contributed by atoms with Gasteiger partial charge in [-0.15, -0.1) is 10.2 Å². The lowest BCUT2D eigenvalue weighted by Gasteiger charge is -2.34. The Labute approximate surface area is 185 Å². The molecule has 2 saturated heterocycles. The van der Waals surface area contributed by atoms with Crippen molar-refractivity contribution in [1.29, 1.82) is 0 Å². The largest absolute Gasteiger partial charge is 0.355 e. The molecule has 0 unspecified atom stereocenters. The lowest BCUT2D eigenvalue weighted by atomic mass is 10.2. The number of piperazine rings is 1. The quantitative estimate of drug-likeness (QED) is 0.694. The van der Waals surface area contributed by atoms with Crippen molar-refractivity contribution in [1.82, 2.24) is 24.3 Å². The molecular formula is C21H33N7O2S. The highest BCUT2D eigenvalue weighted by Crippen LogP contribution is 2.26. The minimum atomic E-state index is -3.56. The Hall–Kier alpha value is -2.20. The zero-order chi connectivity index (χ0) is 22.0. The molecule has 10 heteroatoms. The first-order valence-corrected chi connectivity index (χ1v) is 12.7. The van der Waals surface area contributed by atoms with Crippen LogP contribution in [-0.2, 0) is 16.6 Å². The van der Waals surface area contributed by atoms with Crippen LogP contribution in [0.25, 0.3) is 0 Å². The number of nitrogens with zero attached hydrogens (tertiary/aromatic N) is 7. The second kappa shape index (κ2) is 9.12. The predicted octanol–water partition coefficient (Wildman–Crippen LogP) is 2.20. The van der Waals surface area contributed by atoms with E-state index in [0.29, 0.717) is 49.0 Å². The van der Waals surface area contributed by atoms with Crippen molar-refractivity contribution < 1.29 is 8.42 Å². The number of hydrogen-bond acceptors (Lipinski definition) is 7. The second-order valence-electron chi connectivity index (χ2n) is 8.36. The molecular weight excluding hydrogens is 414 g/mol. The Morgan fingerprint density at radius 1 is 0.839 bits per heavy atom. The van der Waals surface area contributed by atoms with Gasteiger partial charge in [-0.05, 0) is 45.7 Å². The molecule has 2 aromatic rings. The summed E-state index contributed by atoms with van der Waals surface area (Å²) in [7, 11) is -3.56. The average molecular weight is 448 g/mol. The zero-order valence-electron chi connectivity index (χ0n) is 18.8. The molecule has 0 saturated carbocycles. The van der Waals surface area contributed by atoms with E-state index in [1.807, 2.05) is 26.0 Å². The van der Waals surface area contributed by atoms with Crippen LogP contribution in [-0.4, -0.2) is 72.0 Å². The van der Waals surface area contributed by atoms with E-state index in [9.17, 15) is 8.42 Å². The van der Waals surface area contributed by atoms with E-state index in [2.05, 4.69) is 25.1 Å². The first-order valence-electron chi connectivity index (χ1n) is 11.3. The number of aromatic nitrogens is 4. The third kappa shape index (κ3) is 4.41. The Balaban J connectivity index is 1.42. The third-order valence-electron chi connectivity index (χ3n) is 6.34. The number of hydrogen-bond donors (Lipinski definition) is 0. The molecule has 170 valence electrons. The van der Waals surface area contributed by atoms with Gasteiger partial charge in [0.1, 0.15) is 4.90 Å². The van der Waals surface area contributed by atoms with Gasteiger partial charge in [0.05, 0.1) is 11.4 Å². The van der Waals surface area contributed by atoms with Crippen molar-refractivity contribution in [3.05, 3.63) is 23.5 Å². The van der Waals surface area contributed by atoms with Gasteiger partial charge in [0.2, 0.25) is 10.0 Å². The van der Waals surface area contributed by atoms with Gasteiger partial charge in [0.25, 0.3) is 0 Å². The lowest BCUT2D eigenvalue weighted by Crippen LogP contribution is -2.49. The highest BCUT2D eigenvalue weighted by atomic mass is 32.2. The summed E-state index contributed by atoms with van der Waals surface area (Å²) in [4.78, 5) is 4.78. The van der Waals surface area contributed by atoms with Gasteiger partial charge in [-0.1, -0.05) is 12.8 Å². The maximum absolute atomic E-state index is 13.3. The number of rotatable bonds is 5. The highest BCUT2D eigenvalue weighted by Gasteiger charge is 2.33. The van der Waals surface area contributed by atoms with Gasteiger partial charge in [-0.2, -0.15) is 9.40 Å². The van der Waals surface area contributed by atoms with Crippen LogP contribution in [0.1, 0.15) is 44.0 Å². The van der Waals surface area contributed by atoms with Crippen molar-refractivity contribution in [3.63, 3.8) is 0 Å². The van der Waals surface area contributed by atoms with Crippen LogP contribution in [0.15, 0.2) is 17.0 Å². The summed E-state index contributed by atoms with van der Waals surface area (Å²) in [6, 6.07) is 4.06. The van der Waals surface area contributed by atoms with Crippen molar-refractivity contribution in [2.75, 3.05) is 49.1 Å². The van der Waals surface area contributed by atoms with Gasteiger partial charge in [-0.25, -0.2) is 8.42 Å². The van der Waals surface area contributed by atoms with Crippen LogP contribution in [0.2, 0.25) is 0 Å². The summed E-state index contributed by atoms with van der Waals surface area (Å²) < 4.78 is 29.9. The maximum Gasteiger partial charge on any atom is 0.246 e.